The van der Waals surface area contributed by atoms with Gasteiger partial charge in [0, 0.05) is 4.47 Å². The highest BCUT2D eigenvalue weighted by Crippen LogP contribution is 2.22. The van der Waals surface area contributed by atoms with E-state index in [1.807, 2.05) is 37.3 Å². The minimum Gasteiger partial charge on any atom is -0.508 e. The van der Waals surface area contributed by atoms with Gasteiger partial charge < -0.3 is 5.11 Å². The van der Waals surface area contributed by atoms with Crippen molar-refractivity contribution in [2.24, 2.45) is 0 Å². The lowest BCUT2D eigenvalue weighted by Crippen LogP contribution is -1.90. The van der Waals surface area contributed by atoms with Crippen molar-refractivity contribution in [1.29, 1.82) is 0 Å². The van der Waals surface area contributed by atoms with Gasteiger partial charge in [-0.15, -0.1) is 0 Å². The van der Waals surface area contributed by atoms with Crippen LogP contribution in [0.1, 0.15) is 16.7 Å². The third kappa shape index (κ3) is 2.45. The minimum absolute atomic E-state index is 0.357. The lowest BCUT2D eigenvalue weighted by atomic mass is 10.0. The normalized spacial score (nSPS) is 10.4. The van der Waals surface area contributed by atoms with Gasteiger partial charge >= 0.3 is 0 Å². The summed E-state index contributed by atoms with van der Waals surface area (Å²) in [5.41, 5.74) is 3.39. The van der Waals surface area contributed by atoms with Gasteiger partial charge in [0.2, 0.25) is 0 Å². The summed E-state index contributed by atoms with van der Waals surface area (Å²) in [7, 11) is 0. The van der Waals surface area contributed by atoms with Crippen molar-refractivity contribution in [3.05, 3.63) is 63.6 Å². The Hall–Kier alpha value is -1.28. The Morgan fingerprint density at radius 1 is 1.12 bits per heavy atom. The molecule has 0 heterocycles. The maximum absolute atomic E-state index is 9.46. The van der Waals surface area contributed by atoms with E-state index in [-0.39, 0.29) is 0 Å². The maximum Gasteiger partial charge on any atom is 0.118 e. The summed E-state index contributed by atoms with van der Waals surface area (Å²) in [6, 6.07) is 13.9. The highest BCUT2D eigenvalue weighted by atomic mass is 79.9. The zero-order valence-corrected chi connectivity index (χ0v) is 10.7. The average Bonchev–Trinajstić information content (AvgIpc) is 2.27. The van der Waals surface area contributed by atoms with E-state index in [1.165, 1.54) is 11.1 Å². The van der Waals surface area contributed by atoms with E-state index in [9.17, 15) is 5.11 Å². The molecule has 0 spiro atoms. The fraction of sp³-hybridized carbons (Fsp3) is 0.143. The minimum atomic E-state index is 0.357. The molecule has 2 aromatic carbocycles. The van der Waals surface area contributed by atoms with Crippen LogP contribution in [0.2, 0.25) is 0 Å². The van der Waals surface area contributed by atoms with Crippen LogP contribution in [0.3, 0.4) is 0 Å². The van der Waals surface area contributed by atoms with E-state index >= 15 is 0 Å². The van der Waals surface area contributed by atoms with E-state index in [1.54, 1.807) is 6.07 Å². The molecule has 2 aromatic rings. The molecule has 0 aliphatic rings. The van der Waals surface area contributed by atoms with Gasteiger partial charge in [-0.3, -0.25) is 0 Å². The lowest BCUT2D eigenvalue weighted by Gasteiger charge is -2.06. The predicted octanol–water partition coefficient (Wildman–Crippen LogP) is 4.05. The molecular weight excluding hydrogens is 264 g/mol. The Bertz CT molecular complexity index is 506. The van der Waals surface area contributed by atoms with Crippen LogP contribution in [-0.2, 0) is 6.42 Å². The van der Waals surface area contributed by atoms with Gasteiger partial charge in [0.25, 0.3) is 0 Å². The fourth-order valence-electron chi connectivity index (χ4n) is 1.69. The Morgan fingerprint density at radius 2 is 1.88 bits per heavy atom. The number of hydrogen-bond acceptors (Lipinski definition) is 1. The third-order valence-electron chi connectivity index (χ3n) is 2.61. The third-order valence-corrected chi connectivity index (χ3v) is 3.39. The molecule has 0 aromatic heterocycles. The Balaban J connectivity index is 2.28. The molecule has 0 atom stereocenters. The summed E-state index contributed by atoms with van der Waals surface area (Å²) in [5, 5.41) is 9.46. The van der Waals surface area contributed by atoms with Gasteiger partial charge in [-0.2, -0.15) is 0 Å². The van der Waals surface area contributed by atoms with Gasteiger partial charge in [-0.05, 0) is 42.2 Å². The van der Waals surface area contributed by atoms with Gasteiger partial charge in [-0.25, -0.2) is 0 Å². The van der Waals surface area contributed by atoms with E-state index in [4.69, 9.17) is 0 Å². The number of aromatic hydroxyl groups is 1. The van der Waals surface area contributed by atoms with Crippen molar-refractivity contribution < 1.29 is 5.11 Å². The molecular formula is C14H13BrO. The number of rotatable bonds is 2. The van der Waals surface area contributed by atoms with Crippen LogP contribution >= 0.6 is 15.9 Å². The molecule has 2 rings (SSSR count). The average molecular weight is 277 g/mol. The zero-order valence-electron chi connectivity index (χ0n) is 9.07. The second-order valence-corrected chi connectivity index (χ2v) is 4.74. The second kappa shape index (κ2) is 4.71. The molecule has 0 fully saturated rings. The standard InChI is InChI=1S/C14H13BrO/c1-10-8-11(6-7-14(10)16)9-12-4-2-3-5-13(12)15/h2-8,16H,9H2,1H3. The monoisotopic (exact) mass is 276 g/mol. The maximum atomic E-state index is 9.46. The van der Waals surface area contributed by atoms with Crippen molar-refractivity contribution in [1.82, 2.24) is 0 Å². The van der Waals surface area contributed by atoms with Crippen molar-refractivity contribution >= 4 is 15.9 Å². The first-order valence-corrected chi connectivity index (χ1v) is 5.98. The summed E-state index contributed by atoms with van der Waals surface area (Å²) in [6.45, 7) is 1.92. The Morgan fingerprint density at radius 3 is 2.56 bits per heavy atom. The predicted molar refractivity (Wildman–Crippen MR) is 69.8 cm³/mol. The van der Waals surface area contributed by atoms with E-state index in [2.05, 4.69) is 22.0 Å². The molecule has 0 aliphatic carbocycles. The number of halogens is 1. The summed E-state index contributed by atoms with van der Waals surface area (Å²) < 4.78 is 1.13. The van der Waals surface area contributed by atoms with Crippen LogP contribution in [0.5, 0.6) is 5.75 Å². The van der Waals surface area contributed by atoms with Crippen molar-refractivity contribution in [3.8, 4) is 5.75 Å². The van der Waals surface area contributed by atoms with Crippen LogP contribution < -0.4 is 0 Å². The number of benzene rings is 2. The number of hydrogen-bond donors (Lipinski definition) is 1. The molecule has 0 unspecified atom stereocenters. The summed E-state index contributed by atoms with van der Waals surface area (Å²) in [6.07, 6.45) is 0.878. The van der Waals surface area contributed by atoms with Crippen LogP contribution in [-0.4, -0.2) is 5.11 Å². The Labute approximate surface area is 104 Å². The van der Waals surface area contributed by atoms with Gasteiger partial charge in [0.15, 0.2) is 0 Å². The topological polar surface area (TPSA) is 20.2 Å². The van der Waals surface area contributed by atoms with Crippen molar-refractivity contribution in [2.45, 2.75) is 13.3 Å². The van der Waals surface area contributed by atoms with Crippen LogP contribution in [0.4, 0.5) is 0 Å². The highest BCUT2D eigenvalue weighted by molar-refractivity contribution is 9.10. The SMILES string of the molecule is Cc1cc(Cc2ccccc2Br)ccc1O. The first kappa shape index (κ1) is 11.2. The summed E-state index contributed by atoms with van der Waals surface area (Å²) >= 11 is 3.54. The second-order valence-electron chi connectivity index (χ2n) is 3.89. The summed E-state index contributed by atoms with van der Waals surface area (Å²) in [4.78, 5) is 0. The first-order valence-electron chi connectivity index (χ1n) is 5.19. The lowest BCUT2D eigenvalue weighted by molar-refractivity contribution is 0.471. The van der Waals surface area contributed by atoms with Crippen LogP contribution in [0, 0.1) is 6.92 Å². The van der Waals surface area contributed by atoms with Gasteiger partial charge in [0.05, 0.1) is 0 Å². The molecule has 82 valence electrons. The molecule has 0 amide bonds. The van der Waals surface area contributed by atoms with Crippen LogP contribution in [0.25, 0.3) is 0 Å². The molecule has 0 saturated carbocycles. The molecule has 0 saturated heterocycles. The molecule has 0 radical (unpaired) electrons. The van der Waals surface area contributed by atoms with Crippen LogP contribution in [0.15, 0.2) is 46.9 Å². The van der Waals surface area contributed by atoms with Crippen molar-refractivity contribution in [2.75, 3.05) is 0 Å². The molecule has 1 nitrogen and oxygen atoms in total. The number of aryl methyl sites for hydroxylation is 1. The zero-order chi connectivity index (χ0) is 11.5. The quantitative estimate of drug-likeness (QED) is 0.877. The fourth-order valence-corrected chi connectivity index (χ4v) is 2.11. The molecule has 0 aliphatic heterocycles. The largest absolute Gasteiger partial charge is 0.508 e. The summed E-state index contributed by atoms with van der Waals surface area (Å²) in [5.74, 6) is 0.357. The highest BCUT2D eigenvalue weighted by Gasteiger charge is 2.02. The number of phenolic OH excluding ortho intramolecular Hbond substituents is 1. The van der Waals surface area contributed by atoms with Gasteiger partial charge in [-0.1, -0.05) is 46.3 Å². The molecule has 2 heteroatoms. The molecule has 16 heavy (non-hydrogen) atoms. The van der Waals surface area contributed by atoms with E-state index in [0.29, 0.717) is 5.75 Å². The number of phenols is 1. The van der Waals surface area contributed by atoms with Crippen molar-refractivity contribution in [3.63, 3.8) is 0 Å². The van der Waals surface area contributed by atoms with Gasteiger partial charge in [0.1, 0.15) is 5.75 Å². The molecule has 0 bridgehead atoms. The molecule has 1 N–H and O–H groups in total. The van der Waals surface area contributed by atoms with E-state index in [0.717, 1.165) is 16.5 Å². The Kier molecular flexibility index (Phi) is 3.30. The smallest absolute Gasteiger partial charge is 0.118 e. The first-order chi connectivity index (χ1) is 7.66. The van der Waals surface area contributed by atoms with E-state index < -0.39 is 0 Å².